The summed E-state index contributed by atoms with van der Waals surface area (Å²) in [6.45, 7) is 3.78. The number of hydrogen-bond donors (Lipinski definition) is 4. The van der Waals surface area contributed by atoms with E-state index in [4.69, 9.17) is 25.5 Å². The van der Waals surface area contributed by atoms with E-state index in [0.717, 1.165) is 25.8 Å². The quantitative estimate of drug-likeness (QED) is 0.192. The number of carbonyl (C=O) groups is 3. The molecule has 0 heterocycles. The minimum absolute atomic E-state index is 0.213. The molecule has 0 unspecified atom stereocenters. The smallest absolute Gasteiger partial charge is 0.414 e. The summed E-state index contributed by atoms with van der Waals surface area (Å²) in [7, 11) is 0. The van der Waals surface area contributed by atoms with E-state index in [1.54, 1.807) is 0 Å². The topological polar surface area (TPSA) is 130 Å². The molecule has 7 nitrogen and oxygen atoms in total. The first kappa shape index (κ1) is 29.6. The molecule has 5 N–H and O–H groups in total. The number of nitrogens with one attached hydrogen (secondary N) is 1. The molecule has 7 heteroatoms. The normalized spacial score (nSPS) is 10.1. The van der Waals surface area contributed by atoms with Crippen LogP contribution in [0.3, 0.4) is 0 Å². The number of nitrogens with two attached hydrogens (primary N) is 1. The van der Waals surface area contributed by atoms with E-state index in [0.29, 0.717) is 13.0 Å². The number of unbranched alkanes of at least 4 members (excludes halogenated alkanes) is 13. The van der Waals surface area contributed by atoms with Crippen molar-refractivity contribution in [3.8, 4) is 0 Å². The van der Waals surface area contributed by atoms with Crippen molar-refractivity contribution in [3.63, 3.8) is 0 Å². The Bertz CT molecular complexity index is 391. The van der Waals surface area contributed by atoms with Gasteiger partial charge in [0.1, 0.15) is 0 Å². The third-order valence-corrected chi connectivity index (χ3v) is 4.64. The van der Waals surface area contributed by atoms with Crippen molar-refractivity contribution in [2.45, 2.75) is 110 Å². The Kier molecular flexibility index (Phi) is 24.9. The van der Waals surface area contributed by atoms with Gasteiger partial charge in [0.15, 0.2) is 0 Å². The average molecular weight is 417 g/mol. The van der Waals surface area contributed by atoms with Crippen LogP contribution in [0.4, 0.5) is 0 Å². The molecule has 0 aliphatic rings. The van der Waals surface area contributed by atoms with Crippen LogP contribution in [0.1, 0.15) is 110 Å². The Morgan fingerprint density at radius 1 is 0.655 bits per heavy atom. The van der Waals surface area contributed by atoms with E-state index in [-0.39, 0.29) is 5.91 Å². The number of carboxylic acids is 2. The van der Waals surface area contributed by atoms with Gasteiger partial charge in [-0.25, -0.2) is 9.59 Å². The summed E-state index contributed by atoms with van der Waals surface area (Å²) in [5, 5.41) is 17.7. The zero-order valence-corrected chi connectivity index (χ0v) is 18.4. The molecule has 172 valence electrons. The third kappa shape index (κ3) is 28.7. The average Bonchev–Trinajstić information content (AvgIpc) is 2.69. The van der Waals surface area contributed by atoms with Crippen molar-refractivity contribution in [2.24, 2.45) is 5.73 Å². The van der Waals surface area contributed by atoms with E-state index in [1.807, 2.05) is 0 Å². The first-order valence-electron chi connectivity index (χ1n) is 11.4. The van der Waals surface area contributed by atoms with Gasteiger partial charge in [-0.15, -0.1) is 0 Å². The lowest BCUT2D eigenvalue weighted by molar-refractivity contribution is -0.159. The highest BCUT2D eigenvalue weighted by atomic mass is 16.4. The van der Waals surface area contributed by atoms with E-state index < -0.39 is 11.9 Å². The maximum atomic E-state index is 11.6. The Labute approximate surface area is 176 Å². The lowest BCUT2D eigenvalue weighted by atomic mass is 10.0. The van der Waals surface area contributed by atoms with Crippen molar-refractivity contribution < 1.29 is 24.6 Å². The van der Waals surface area contributed by atoms with Crippen LogP contribution >= 0.6 is 0 Å². The fourth-order valence-electron chi connectivity index (χ4n) is 2.89. The van der Waals surface area contributed by atoms with Crippen LogP contribution in [0, 0.1) is 0 Å². The number of carbonyl (C=O) groups excluding carboxylic acids is 1. The zero-order valence-electron chi connectivity index (χ0n) is 18.4. The molecule has 1 amide bonds. The number of aliphatic carboxylic acids is 2. The Balaban J connectivity index is 0. The first-order valence-corrected chi connectivity index (χ1v) is 11.4. The largest absolute Gasteiger partial charge is 0.473 e. The highest BCUT2D eigenvalue weighted by Gasteiger charge is 2.04. The molecule has 0 radical (unpaired) electrons. The van der Waals surface area contributed by atoms with Gasteiger partial charge in [-0.3, -0.25) is 4.79 Å². The molecule has 0 atom stereocenters. The number of amides is 1. The fraction of sp³-hybridized carbons (Fsp3) is 0.864. The maximum absolute atomic E-state index is 11.6. The number of hydrogen-bond acceptors (Lipinski definition) is 4. The summed E-state index contributed by atoms with van der Waals surface area (Å²) in [6, 6.07) is 0. The molecule has 29 heavy (non-hydrogen) atoms. The standard InChI is InChI=1S/C20H42N2O.C2H2O4/c1-2-3-4-5-6-7-8-9-10-11-12-13-14-17-20(23)22-19-16-15-18-21;3-1(4)2(5)6/h2-19,21H2,1H3,(H,22,23);(H,3,4)(H,5,6). The maximum Gasteiger partial charge on any atom is 0.414 e. The lowest BCUT2D eigenvalue weighted by Gasteiger charge is -2.05. The van der Waals surface area contributed by atoms with E-state index in [2.05, 4.69) is 12.2 Å². The Hall–Kier alpha value is -1.63. The minimum Gasteiger partial charge on any atom is -0.473 e. The number of rotatable bonds is 18. The number of carboxylic acid groups (broad SMARTS) is 2. The predicted molar refractivity (Wildman–Crippen MR) is 117 cm³/mol. The van der Waals surface area contributed by atoms with Gasteiger partial charge in [0.2, 0.25) is 5.91 Å². The van der Waals surface area contributed by atoms with Gasteiger partial charge in [0.25, 0.3) is 0 Å². The molecule has 0 fully saturated rings. The van der Waals surface area contributed by atoms with Gasteiger partial charge < -0.3 is 21.3 Å². The second-order valence-corrected chi connectivity index (χ2v) is 7.45. The highest BCUT2D eigenvalue weighted by Crippen LogP contribution is 2.12. The molecule has 0 aliphatic heterocycles. The third-order valence-electron chi connectivity index (χ3n) is 4.64. The van der Waals surface area contributed by atoms with Crippen LogP contribution in [-0.2, 0) is 14.4 Å². The van der Waals surface area contributed by atoms with Crippen molar-refractivity contribution >= 4 is 17.8 Å². The van der Waals surface area contributed by atoms with Crippen LogP contribution in [0.15, 0.2) is 0 Å². The molecular formula is C22H44N2O5. The molecule has 0 rings (SSSR count). The summed E-state index contributed by atoms with van der Waals surface area (Å²) in [6.07, 6.45) is 20.2. The molecular weight excluding hydrogens is 372 g/mol. The Morgan fingerprint density at radius 3 is 1.45 bits per heavy atom. The van der Waals surface area contributed by atoms with Crippen molar-refractivity contribution in [2.75, 3.05) is 13.1 Å². The fourth-order valence-corrected chi connectivity index (χ4v) is 2.89. The van der Waals surface area contributed by atoms with Gasteiger partial charge in [-0.05, 0) is 25.8 Å². The SMILES string of the molecule is CCCCCCCCCCCCCCCC(=O)NCCCCN.O=C(O)C(=O)O. The second-order valence-electron chi connectivity index (χ2n) is 7.45. The van der Waals surface area contributed by atoms with Crippen molar-refractivity contribution in [3.05, 3.63) is 0 Å². The molecule has 0 aromatic rings. The van der Waals surface area contributed by atoms with Crippen molar-refractivity contribution in [1.82, 2.24) is 5.32 Å². The molecule has 0 bridgehead atoms. The lowest BCUT2D eigenvalue weighted by Crippen LogP contribution is -2.24. The van der Waals surface area contributed by atoms with E-state index >= 15 is 0 Å². The van der Waals surface area contributed by atoms with Crippen molar-refractivity contribution in [1.29, 1.82) is 0 Å². The van der Waals surface area contributed by atoms with Gasteiger partial charge in [0, 0.05) is 13.0 Å². The van der Waals surface area contributed by atoms with Gasteiger partial charge in [-0.2, -0.15) is 0 Å². The summed E-state index contributed by atoms with van der Waals surface area (Å²) in [4.78, 5) is 29.8. The van der Waals surface area contributed by atoms with Gasteiger partial charge in [0.05, 0.1) is 0 Å². The highest BCUT2D eigenvalue weighted by molar-refractivity contribution is 6.27. The van der Waals surface area contributed by atoms with Crippen LogP contribution in [0.25, 0.3) is 0 Å². The van der Waals surface area contributed by atoms with Gasteiger partial charge in [-0.1, -0.05) is 84.0 Å². The minimum atomic E-state index is -1.82. The molecule has 0 aliphatic carbocycles. The zero-order chi connectivity index (χ0) is 22.2. The summed E-state index contributed by atoms with van der Waals surface area (Å²) in [5.41, 5.74) is 5.42. The monoisotopic (exact) mass is 416 g/mol. The molecule has 0 saturated heterocycles. The molecule has 0 aromatic carbocycles. The molecule has 0 saturated carbocycles. The summed E-state index contributed by atoms with van der Waals surface area (Å²) < 4.78 is 0. The van der Waals surface area contributed by atoms with E-state index in [9.17, 15) is 4.79 Å². The summed E-state index contributed by atoms with van der Waals surface area (Å²) >= 11 is 0. The Morgan fingerprint density at radius 2 is 1.07 bits per heavy atom. The molecule has 0 spiro atoms. The van der Waals surface area contributed by atoms with E-state index in [1.165, 1.54) is 77.0 Å². The summed E-state index contributed by atoms with van der Waals surface area (Å²) in [5.74, 6) is -3.44. The predicted octanol–water partition coefficient (Wildman–Crippen LogP) is 4.48. The van der Waals surface area contributed by atoms with Gasteiger partial charge >= 0.3 is 11.9 Å². The van der Waals surface area contributed by atoms with Crippen LogP contribution in [-0.4, -0.2) is 41.1 Å². The van der Waals surface area contributed by atoms with Crippen LogP contribution in [0.5, 0.6) is 0 Å². The molecule has 0 aromatic heterocycles. The van der Waals surface area contributed by atoms with Crippen LogP contribution < -0.4 is 11.1 Å². The van der Waals surface area contributed by atoms with Crippen LogP contribution in [0.2, 0.25) is 0 Å². The first-order chi connectivity index (χ1) is 14.0. The second kappa shape index (κ2) is 24.4.